The van der Waals surface area contributed by atoms with Crippen molar-refractivity contribution < 1.29 is 9.90 Å². The van der Waals surface area contributed by atoms with Crippen molar-refractivity contribution in [3.63, 3.8) is 0 Å². The number of carbonyl (C=O) groups is 1. The van der Waals surface area contributed by atoms with Crippen molar-refractivity contribution in [2.24, 2.45) is 40.9 Å². The second-order valence-electron chi connectivity index (χ2n) is 9.00. The van der Waals surface area contributed by atoms with Gasteiger partial charge in [-0.3, -0.25) is 4.79 Å². The Balaban J connectivity index is 1.63. The standard InChI is InChI=1S/C21H28O2/c1-4-21(23)10-8-15-14(12-21)11-13(2)19-16(15)7-9-20(3)17(19)5-6-18(20)22/h1,5-6,13-17,19,23H,7-12H2,2-3H3/t13-,14-,15+,16?,17?,19-,20+,21+/m1/s1. The van der Waals surface area contributed by atoms with Crippen LogP contribution >= 0.6 is 0 Å². The highest BCUT2D eigenvalue weighted by molar-refractivity contribution is 5.97. The Labute approximate surface area is 139 Å². The number of terminal acetylenes is 1. The first kappa shape index (κ1) is 15.5. The average Bonchev–Trinajstić information content (AvgIpc) is 2.82. The van der Waals surface area contributed by atoms with Crippen LogP contribution in [0.15, 0.2) is 12.2 Å². The number of fused-ring (bicyclic) bond motifs is 5. The molecule has 4 aliphatic carbocycles. The van der Waals surface area contributed by atoms with Gasteiger partial charge in [0.05, 0.1) is 0 Å². The molecule has 0 radical (unpaired) electrons. The van der Waals surface area contributed by atoms with Crippen LogP contribution in [-0.2, 0) is 4.79 Å². The molecule has 23 heavy (non-hydrogen) atoms. The largest absolute Gasteiger partial charge is 0.378 e. The van der Waals surface area contributed by atoms with Gasteiger partial charge in [0.1, 0.15) is 5.60 Å². The summed E-state index contributed by atoms with van der Waals surface area (Å²) in [6, 6.07) is 0. The van der Waals surface area contributed by atoms with Crippen molar-refractivity contribution in [2.75, 3.05) is 0 Å². The highest BCUT2D eigenvalue weighted by atomic mass is 16.3. The molecule has 3 fully saturated rings. The van der Waals surface area contributed by atoms with Crippen LogP contribution in [0, 0.1) is 53.3 Å². The second kappa shape index (κ2) is 4.96. The summed E-state index contributed by atoms with van der Waals surface area (Å²) in [6.07, 6.45) is 15.6. The zero-order chi connectivity index (χ0) is 16.4. The molecule has 0 aliphatic heterocycles. The van der Waals surface area contributed by atoms with E-state index in [1.54, 1.807) is 0 Å². The lowest BCUT2D eigenvalue weighted by Gasteiger charge is -2.57. The molecule has 0 bridgehead atoms. The molecule has 4 rings (SSSR count). The van der Waals surface area contributed by atoms with Gasteiger partial charge in [0.25, 0.3) is 0 Å². The second-order valence-corrected chi connectivity index (χ2v) is 9.00. The van der Waals surface area contributed by atoms with E-state index in [1.165, 1.54) is 6.42 Å². The number of ketones is 1. The summed E-state index contributed by atoms with van der Waals surface area (Å²) in [6.45, 7) is 4.55. The highest BCUT2D eigenvalue weighted by Gasteiger charge is 2.58. The summed E-state index contributed by atoms with van der Waals surface area (Å²) in [5, 5.41) is 10.5. The Morgan fingerprint density at radius 1 is 1.30 bits per heavy atom. The lowest BCUT2D eigenvalue weighted by Crippen LogP contribution is -2.53. The third-order valence-corrected chi connectivity index (χ3v) is 7.91. The number of rotatable bonds is 0. The summed E-state index contributed by atoms with van der Waals surface area (Å²) in [5.41, 5.74) is -1.02. The normalized spacial score (nSPS) is 54.8. The molecule has 4 aliphatic rings. The molecule has 2 unspecified atom stereocenters. The number of aliphatic hydroxyl groups is 1. The third kappa shape index (κ3) is 2.09. The quantitative estimate of drug-likeness (QED) is 0.694. The molecule has 0 aromatic heterocycles. The summed E-state index contributed by atoms with van der Waals surface area (Å²) in [7, 11) is 0. The molecule has 1 N–H and O–H groups in total. The number of carbonyl (C=O) groups excluding carboxylic acids is 1. The Morgan fingerprint density at radius 2 is 2.04 bits per heavy atom. The van der Waals surface area contributed by atoms with E-state index in [2.05, 4.69) is 25.8 Å². The maximum Gasteiger partial charge on any atom is 0.161 e. The van der Waals surface area contributed by atoms with Crippen molar-refractivity contribution in [3.8, 4) is 12.3 Å². The van der Waals surface area contributed by atoms with Gasteiger partial charge in [-0.2, -0.15) is 0 Å². The molecule has 0 spiro atoms. The first-order valence-electron chi connectivity index (χ1n) is 9.31. The molecule has 0 saturated heterocycles. The monoisotopic (exact) mass is 312 g/mol. The average molecular weight is 312 g/mol. The molecule has 0 aromatic rings. The molecule has 3 saturated carbocycles. The molecular weight excluding hydrogens is 284 g/mol. The van der Waals surface area contributed by atoms with Crippen molar-refractivity contribution in [2.45, 2.75) is 58.0 Å². The number of hydrogen-bond donors (Lipinski definition) is 1. The van der Waals surface area contributed by atoms with Crippen LogP contribution in [0.2, 0.25) is 0 Å². The maximum absolute atomic E-state index is 12.4. The van der Waals surface area contributed by atoms with Gasteiger partial charge in [-0.25, -0.2) is 0 Å². The molecule has 124 valence electrons. The smallest absolute Gasteiger partial charge is 0.161 e. The van der Waals surface area contributed by atoms with E-state index < -0.39 is 5.60 Å². The molecule has 8 atom stereocenters. The Morgan fingerprint density at radius 3 is 2.78 bits per heavy atom. The minimum absolute atomic E-state index is 0.142. The van der Waals surface area contributed by atoms with Crippen LogP contribution in [0.4, 0.5) is 0 Å². The summed E-state index contributed by atoms with van der Waals surface area (Å²) >= 11 is 0. The first-order chi connectivity index (χ1) is 10.9. The summed E-state index contributed by atoms with van der Waals surface area (Å²) in [4.78, 5) is 12.4. The van der Waals surface area contributed by atoms with Crippen molar-refractivity contribution in [1.29, 1.82) is 0 Å². The van der Waals surface area contributed by atoms with E-state index in [-0.39, 0.29) is 5.41 Å². The summed E-state index contributed by atoms with van der Waals surface area (Å²) < 4.78 is 0. The van der Waals surface area contributed by atoms with Gasteiger partial charge in [0.2, 0.25) is 0 Å². The van der Waals surface area contributed by atoms with Gasteiger partial charge in [-0.15, -0.1) is 6.42 Å². The van der Waals surface area contributed by atoms with Crippen LogP contribution < -0.4 is 0 Å². The Hall–Kier alpha value is -1.07. The zero-order valence-electron chi connectivity index (χ0n) is 14.3. The zero-order valence-corrected chi connectivity index (χ0v) is 14.3. The van der Waals surface area contributed by atoms with E-state index in [9.17, 15) is 9.90 Å². The van der Waals surface area contributed by atoms with E-state index in [4.69, 9.17) is 6.42 Å². The fraction of sp³-hybridized carbons (Fsp3) is 0.762. The van der Waals surface area contributed by atoms with Gasteiger partial charge in [0, 0.05) is 5.41 Å². The topological polar surface area (TPSA) is 37.3 Å². The van der Waals surface area contributed by atoms with Crippen molar-refractivity contribution in [1.82, 2.24) is 0 Å². The number of allylic oxidation sites excluding steroid dienone is 2. The van der Waals surface area contributed by atoms with E-state index >= 15 is 0 Å². The van der Waals surface area contributed by atoms with Gasteiger partial charge in [-0.1, -0.05) is 25.8 Å². The van der Waals surface area contributed by atoms with Crippen LogP contribution in [-0.4, -0.2) is 16.5 Å². The van der Waals surface area contributed by atoms with Crippen LogP contribution in [0.1, 0.15) is 52.4 Å². The highest BCUT2D eigenvalue weighted by Crippen LogP contribution is 2.61. The fourth-order valence-corrected chi connectivity index (χ4v) is 6.72. The predicted octanol–water partition coefficient (Wildman–Crippen LogP) is 3.59. The van der Waals surface area contributed by atoms with Crippen molar-refractivity contribution in [3.05, 3.63) is 12.2 Å². The van der Waals surface area contributed by atoms with E-state index in [0.717, 1.165) is 32.1 Å². The lowest BCUT2D eigenvalue weighted by atomic mass is 9.47. The van der Waals surface area contributed by atoms with E-state index in [1.807, 2.05) is 6.08 Å². The Bertz CT molecular complexity index is 599. The minimum Gasteiger partial charge on any atom is -0.378 e. The van der Waals surface area contributed by atoms with E-state index in [0.29, 0.717) is 41.3 Å². The third-order valence-electron chi connectivity index (χ3n) is 7.91. The van der Waals surface area contributed by atoms with Gasteiger partial charge in [-0.05, 0) is 80.1 Å². The van der Waals surface area contributed by atoms with Crippen LogP contribution in [0.25, 0.3) is 0 Å². The van der Waals surface area contributed by atoms with Crippen LogP contribution in [0.5, 0.6) is 0 Å². The SMILES string of the molecule is C#C[C@]1(O)CC[C@@H]2C3CC[C@]4(C)C(=O)C=CC4[C@@H]3[C@H](C)C[C@@H]2C1. The summed E-state index contributed by atoms with van der Waals surface area (Å²) in [5.74, 6) is 6.63. The molecule has 0 aromatic carbocycles. The van der Waals surface area contributed by atoms with Gasteiger partial charge >= 0.3 is 0 Å². The molecule has 0 amide bonds. The fourth-order valence-electron chi connectivity index (χ4n) is 6.72. The van der Waals surface area contributed by atoms with Gasteiger partial charge < -0.3 is 5.11 Å². The van der Waals surface area contributed by atoms with Crippen LogP contribution in [0.3, 0.4) is 0 Å². The maximum atomic E-state index is 12.4. The first-order valence-corrected chi connectivity index (χ1v) is 9.31. The molecule has 2 heteroatoms. The number of hydrogen-bond acceptors (Lipinski definition) is 2. The minimum atomic E-state index is -0.875. The van der Waals surface area contributed by atoms with Crippen molar-refractivity contribution >= 4 is 5.78 Å². The Kier molecular flexibility index (Phi) is 3.34. The molecule has 2 nitrogen and oxygen atoms in total. The molecular formula is C21H28O2. The van der Waals surface area contributed by atoms with Gasteiger partial charge in [0.15, 0.2) is 5.78 Å². The molecule has 0 heterocycles. The lowest BCUT2D eigenvalue weighted by molar-refractivity contribution is -0.135. The predicted molar refractivity (Wildman–Crippen MR) is 90.4 cm³/mol.